The molecule has 3 aliphatic heterocycles. The number of benzene rings is 2. The Balaban J connectivity index is 0.00000326. The molecule has 0 aromatic heterocycles. The molecule has 59 heavy (non-hydrogen) atoms. The molecule has 1 saturated heterocycles. The molecule has 1 amide bonds. The maximum Gasteiger partial charge on any atom is 0.302 e. The number of phenolic OH excluding ortho intramolecular Hbond substituents is 2. The highest BCUT2D eigenvalue weighted by Crippen LogP contribution is 2.49. The summed E-state index contributed by atoms with van der Waals surface area (Å²) in [6.07, 6.45) is 7.64. The standard InChI is InChI=1S/C45H62N4O8.CH4O/c1-10-56-43-28(8)40(53)35-34-33(43)32(51)16-12-14-23(3)42(57-29(9)50)27(7)39(52)25(5)17-22(2)13-11-15-24(4)44(55)47-38(41(35)54)37-36(34)48-45(49-37)26(6)18-30-19-31(45)21-46-20-30;1-2/h11,13,15,22-23,25-27,30-31,39,42,46,52-54H,10,12,14,16-21H2,1-9H3,(H,47,55);2H,1H3/b13-11+,24-15-;/t22-,23+,25+,26?,27+,30?,31-,39+,42+,45-;/m0./s1. The number of nitrogens with one attached hydrogen (secondary N) is 2. The quantitative estimate of drug-likeness (QED) is 0.162. The summed E-state index contributed by atoms with van der Waals surface area (Å²) in [6.45, 7) is 18.4. The van der Waals surface area contributed by atoms with Gasteiger partial charge < -0.3 is 40.5 Å². The summed E-state index contributed by atoms with van der Waals surface area (Å²) in [7, 11) is 1.00. The van der Waals surface area contributed by atoms with Crippen LogP contribution in [-0.4, -0.2) is 82.8 Å². The first-order valence-corrected chi connectivity index (χ1v) is 21.4. The van der Waals surface area contributed by atoms with Crippen molar-refractivity contribution in [2.75, 3.05) is 32.1 Å². The first kappa shape index (κ1) is 45.7. The molecular weight excluding hydrogens is 753 g/mol. The number of phenols is 2. The minimum atomic E-state index is -0.922. The highest BCUT2D eigenvalue weighted by Gasteiger charge is 2.52. The number of carbonyl (C=O) groups excluding carboxylic acids is 3. The van der Waals surface area contributed by atoms with Gasteiger partial charge in [-0.15, -0.1) is 0 Å². The van der Waals surface area contributed by atoms with Gasteiger partial charge in [0.15, 0.2) is 17.2 Å². The Morgan fingerprint density at radius 1 is 0.949 bits per heavy atom. The second kappa shape index (κ2) is 18.9. The van der Waals surface area contributed by atoms with Crippen LogP contribution in [0.1, 0.15) is 110 Å². The maximum absolute atomic E-state index is 14.8. The number of aliphatic hydroxyl groups is 2. The number of hydrogen-bond acceptors (Lipinski definition) is 12. The van der Waals surface area contributed by atoms with E-state index in [1.165, 1.54) is 6.92 Å². The number of allylic oxidation sites excluding steroid dienone is 3. The molecular formula is C46H66N4O9. The van der Waals surface area contributed by atoms with Crippen LogP contribution in [0.3, 0.4) is 0 Å². The zero-order chi connectivity index (χ0) is 43.5. The second-order valence-corrected chi connectivity index (χ2v) is 17.5. The van der Waals surface area contributed by atoms with Crippen molar-refractivity contribution < 1.29 is 44.3 Å². The van der Waals surface area contributed by atoms with Gasteiger partial charge in [-0.05, 0) is 83.1 Å². The minimum absolute atomic E-state index is 0.00480. The number of fused-ring (bicyclic) bond motifs is 3. The molecule has 13 nitrogen and oxygen atoms in total. The summed E-state index contributed by atoms with van der Waals surface area (Å²) in [5.74, 6) is -1.73. The Bertz CT molecular complexity index is 2110. The number of ketones is 1. The van der Waals surface area contributed by atoms with Gasteiger partial charge >= 0.3 is 5.97 Å². The third-order valence-electron chi connectivity index (χ3n) is 13.1. The van der Waals surface area contributed by atoms with E-state index in [-0.39, 0.29) is 98.8 Å². The van der Waals surface area contributed by atoms with Crippen molar-refractivity contribution in [1.82, 2.24) is 5.32 Å². The fraction of sp³-hybridized carbons (Fsp3) is 0.630. The highest BCUT2D eigenvalue weighted by molar-refractivity contribution is 6.16. The zero-order valence-corrected chi connectivity index (χ0v) is 36.5. The lowest BCUT2D eigenvalue weighted by Gasteiger charge is -2.48. The monoisotopic (exact) mass is 818 g/mol. The molecule has 2 unspecified atom stereocenters. The largest absolute Gasteiger partial charge is 0.507 e. The Morgan fingerprint density at radius 3 is 2.32 bits per heavy atom. The van der Waals surface area contributed by atoms with Crippen LogP contribution in [0, 0.1) is 48.3 Å². The Labute approximate surface area is 348 Å². The normalized spacial score (nSPS) is 32.9. The zero-order valence-electron chi connectivity index (χ0n) is 36.5. The number of carbonyl (C=O) groups is 3. The Hall–Kier alpha value is -4.33. The van der Waals surface area contributed by atoms with E-state index in [2.05, 4.69) is 17.6 Å². The number of anilines is 1. The van der Waals surface area contributed by atoms with Crippen molar-refractivity contribution in [3.63, 3.8) is 0 Å². The van der Waals surface area contributed by atoms with Gasteiger partial charge in [0.1, 0.15) is 28.6 Å². The van der Waals surface area contributed by atoms with E-state index in [1.807, 2.05) is 39.8 Å². The van der Waals surface area contributed by atoms with Gasteiger partial charge in [-0.2, -0.15) is 0 Å². The molecule has 6 N–H and O–H groups in total. The Morgan fingerprint density at radius 2 is 1.64 bits per heavy atom. The molecule has 324 valence electrons. The van der Waals surface area contributed by atoms with E-state index in [4.69, 9.17) is 24.6 Å². The van der Waals surface area contributed by atoms with Crippen LogP contribution in [-0.2, 0) is 14.3 Å². The predicted molar refractivity (Wildman–Crippen MR) is 227 cm³/mol. The van der Waals surface area contributed by atoms with Crippen molar-refractivity contribution in [3.8, 4) is 17.2 Å². The average molecular weight is 819 g/mol. The third kappa shape index (κ3) is 8.93. The minimum Gasteiger partial charge on any atom is -0.507 e. The van der Waals surface area contributed by atoms with Crippen molar-refractivity contribution in [2.24, 2.45) is 51.4 Å². The summed E-state index contributed by atoms with van der Waals surface area (Å²) >= 11 is 0. The SMILES string of the molecule is CCOc1c(C)c(O)c2c(O)c3c4c(c2c1C(=O)CCC[C@@H](C)[C@@H](OC(C)=O)[C@H](C)[C@H](O)[C@H](C)C[C@@H](C)/C=C/C=C(/C)C(=O)N3)=N[C@]1(N=4)C(C)CC2CNC[C@@H]1C2.CO. The van der Waals surface area contributed by atoms with Crippen molar-refractivity contribution in [1.29, 1.82) is 0 Å². The van der Waals surface area contributed by atoms with Crippen LogP contribution in [0.5, 0.6) is 17.2 Å². The van der Waals surface area contributed by atoms with Crippen LogP contribution >= 0.6 is 0 Å². The smallest absolute Gasteiger partial charge is 0.302 e. The Kier molecular flexibility index (Phi) is 14.7. The van der Waals surface area contributed by atoms with E-state index in [9.17, 15) is 29.7 Å². The van der Waals surface area contributed by atoms with Gasteiger partial charge in [0.2, 0.25) is 0 Å². The molecule has 1 spiro atoms. The molecule has 6 rings (SSSR count). The van der Waals surface area contributed by atoms with E-state index in [1.54, 1.807) is 26.8 Å². The number of nitrogens with zero attached hydrogens (tertiary/aromatic N) is 2. The van der Waals surface area contributed by atoms with Crippen molar-refractivity contribution >= 4 is 34.1 Å². The number of ether oxygens (including phenoxy) is 2. The number of hydrogen-bond donors (Lipinski definition) is 6. The first-order valence-electron chi connectivity index (χ1n) is 21.4. The van der Waals surface area contributed by atoms with E-state index < -0.39 is 35.5 Å². The fourth-order valence-electron chi connectivity index (χ4n) is 10.1. The summed E-state index contributed by atoms with van der Waals surface area (Å²) in [6, 6.07) is 0. The topological polar surface area (TPSA) is 199 Å². The number of esters is 1. The lowest BCUT2D eigenvalue weighted by Crippen LogP contribution is -2.54. The number of amides is 1. The average Bonchev–Trinajstić information content (AvgIpc) is 3.61. The van der Waals surface area contributed by atoms with E-state index in [0.29, 0.717) is 42.7 Å². The van der Waals surface area contributed by atoms with Gasteiger partial charge in [-0.3, -0.25) is 24.4 Å². The van der Waals surface area contributed by atoms with Gasteiger partial charge in [0.05, 0.1) is 29.0 Å². The molecule has 1 aliphatic carbocycles. The fourth-order valence-corrected chi connectivity index (χ4v) is 10.1. The second-order valence-electron chi connectivity index (χ2n) is 17.5. The molecule has 0 radical (unpaired) electrons. The predicted octanol–water partition coefficient (Wildman–Crippen LogP) is 5.82. The van der Waals surface area contributed by atoms with Crippen LogP contribution < -0.4 is 26.1 Å². The highest BCUT2D eigenvalue weighted by atomic mass is 16.5. The van der Waals surface area contributed by atoms with Crippen LogP contribution in [0.2, 0.25) is 0 Å². The van der Waals surface area contributed by atoms with Gasteiger partial charge in [-0.25, -0.2) is 0 Å². The lowest BCUT2D eigenvalue weighted by atomic mass is 9.66. The number of aromatic hydroxyl groups is 2. The summed E-state index contributed by atoms with van der Waals surface area (Å²) in [5, 5.41) is 50.0. The van der Waals surface area contributed by atoms with Crippen LogP contribution in [0.25, 0.3) is 10.8 Å². The third-order valence-corrected chi connectivity index (χ3v) is 13.1. The number of rotatable bonds is 3. The van der Waals surface area contributed by atoms with Gasteiger partial charge in [0, 0.05) is 61.3 Å². The maximum atomic E-state index is 14.8. The lowest BCUT2D eigenvalue weighted by molar-refractivity contribution is -0.156. The van der Waals surface area contributed by atoms with Crippen molar-refractivity contribution in [3.05, 3.63) is 45.6 Å². The number of Topliss-reactive ketones (excluding diaryl/α,β-unsaturated/α-hetero) is 1. The molecule has 3 heterocycles. The molecule has 1 saturated carbocycles. The molecule has 2 aromatic rings. The van der Waals surface area contributed by atoms with Gasteiger partial charge in [-0.1, -0.05) is 52.8 Å². The molecule has 2 fully saturated rings. The van der Waals surface area contributed by atoms with E-state index in [0.717, 1.165) is 26.5 Å². The number of aliphatic hydroxyl groups excluding tert-OH is 2. The van der Waals surface area contributed by atoms with Crippen molar-refractivity contribution in [2.45, 2.75) is 119 Å². The molecule has 4 bridgehead atoms. The summed E-state index contributed by atoms with van der Waals surface area (Å²) in [4.78, 5) is 51.8. The number of piperidine rings is 1. The van der Waals surface area contributed by atoms with Crippen LogP contribution in [0.15, 0.2) is 33.8 Å². The molecule has 4 aliphatic rings. The first-order chi connectivity index (χ1) is 28.0. The molecule has 13 heteroatoms. The summed E-state index contributed by atoms with van der Waals surface area (Å²) in [5.41, 5.74) is -0.0424. The van der Waals surface area contributed by atoms with Crippen LogP contribution in [0.4, 0.5) is 5.69 Å². The van der Waals surface area contributed by atoms with Gasteiger partial charge in [0.25, 0.3) is 5.91 Å². The molecule has 2 aromatic carbocycles. The summed E-state index contributed by atoms with van der Waals surface area (Å²) < 4.78 is 12.0. The van der Waals surface area contributed by atoms with E-state index >= 15 is 0 Å². The molecule has 10 atom stereocenters.